The van der Waals surface area contributed by atoms with E-state index in [0.29, 0.717) is 0 Å². The van der Waals surface area contributed by atoms with Gasteiger partial charge < -0.3 is 5.32 Å². The summed E-state index contributed by atoms with van der Waals surface area (Å²) in [5, 5.41) is 7.96. The Bertz CT molecular complexity index is 564. The molecule has 0 aliphatic heterocycles. The summed E-state index contributed by atoms with van der Waals surface area (Å²) in [6, 6.07) is 6.48. The van der Waals surface area contributed by atoms with Crippen molar-refractivity contribution in [2.75, 3.05) is 5.32 Å². The predicted molar refractivity (Wildman–Crippen MR) is 83.5 cm³/mol. The third-order valence-corrected chi connectivity index (χ3v) is 3.89. The first-order valence-electron chi connectivity index (χ1n) is 6.53. The van der Waals surface area contributed by atoms with Gasteiger partial charge in [0, 0.05) is 11.5 Å². The molecule has 0 radical (unpaired) electrons. The zero-order valence-electron chi connectivity index (χ0n) is 11.9. The van der Waals surface area contributed by atoms with E-state index in [0.717, 1.165) is 28.8 Å². The van der Waals surface area contributed by atoms with Gasteiger partial charge in [0.15, 0.2) is 0 Å². The van der Waals surface area contributed by atoms with Gasteiger partial charge >= 0.3 is 0 Å². The Hall–Kier alpha value is -1.29. The molecule has 0 aliphatic carbocycles. The third-order valence-electron chi connectivity index (χ3n) is 3.27. The number of aryl methyl sites for hydroxylation is 4. The Morgan fingerprint density at radius 1 is 1.26 bits per heavy atom. The fourth-order valence-electron chi connectivity index (χ4n) is 2.23. The SMILES string of the molecule is CCc1cc(CNc2c(C)cc(C)cc2Br)n(C)n1. The normalized spacial score (nSPS) is 10.8. The summed E-state index contributed by atoms with van der Waals surface area (Å²) in [4.78, 5) is 0. The van der Waals surface area contributed by atoms with Crippen molar-refractivity contribution in [3.8, 4) is 0 Å². The first-order valence-corrected chi connectivity index (χ1v) is 7.33. The standard InChI is InChI=1S/C15H20BrN3/c1-5-12-8-13(19(4)18-12)9-17-15-11(3)6-10(2)7-14(15)16/h6-8,17H,5,9H2,1-4H3. The summed E-state index contributed by atoms with van der Waals surface area (Å²) in [6.45, 7) is 7.14. The van der Waals surface area contributed by atoms with Crippen LogP contribution in [0.15, 0.2) is 22.7 Å². The van der Waals surface area contributed by atoms with E-state index < -0.39 is 0 Å². The number of rotatable bonds is 4. The van der Waals surface area contributed by atoms with Gasteiger partial charge in [0.05, 0.1) is 23.6 Å². The molecule has 0 saturated heterocycles. The Labute approximate surface area is 123 Å². The van der Waals surface area contributed by atoms with Crippen LogP contribution in [0.1, 0.15) is 29.4 Å². The van der Waals surface area contributed by atoms with Crippen molar-refractivity contribution in [3.63, 3.8) is 0 Å². The Balaban J connectivity index is 2.16. The second-order valence-electron chi connectivity index (χ2n) is 4.90. The Morgan fingerprint density at radius 2 is 2.00 bits per heavy atom. The fraction of sp³-hybridized carbons (Fsp3) is 0.400. The molecule has 19 heavy (non-hydrogen) atoms. The van der Waals surface area contributed by atoms with Crippen LogP contribution in [0.4, 0.5) is 5.69 Å². The number of benzene rings is 1. The average molecular weight is 322 g/mol. The van der Waals surface area contributed by atoms with E-state index in [-0.39, 0.29) is 0 Å². The number of nitrogens with one attached hydrogen (secondary N) is 1. The largest absolute Gasteiger partial charge is 0.378 e. The monoisotopic (exact) mass is 321 g/mol. The molecule has 0 aliphatic rings. The predicted octanol–water partition coefficient (Wildman–Crippen LogP) is 3.97. The van der Waals surface area contributed by atoms with E-state index in [1.807, 2.05) is 11.7 Å². The van der Waals surface area contributed by atoms with Crippen molar-refractivity contribution in [2.45, 2.75) is 33.7 Å². The lowest BCUT2D eigenvalue weighted by molar-refractivity contribution is 0.706. The summed E-state index contributed by atoms with van der Waals surface area (Å²) in [5.41, 5.74) is 6.01. The van der Waals surface area contributed by atoms with Crippen LogP contribution < -0.4 is 5.32 Å². The van der Waals surface area contributed by atoms with E-state index in [1.165, 1.54) is 16.8 Å². The van der Waals surface area contributed by atoms with Gasteiger partial charge in [0.25, 0.3) is 0 Å². The lowest BCUT2D eigenvalue weighted by Crippen LogP contribution is -2.07. The van der Waals surface area contributed by atoms with Crippen molar-refractivity contribution in [3.05, 3.63) is 45.2 Å². The van der Waals surface area contributed by atoms with Gasteiger partial charge in [0.1, 0.15) is 0 Å². The summed E-state index contributed by atoms with van der Waals surface area (Å²) in [7, 11) is 1.99. The van der Waals surface area contributed by atoms with Crippen LogP contribution in [0.5, 0.6) is 0 Å². The molecule has 0 fully saturated rings. The molecule has 2 aromatic rings. The molecule has 2 rings (SSSR count). The van der Waals surface area contributed by atoms with Crippen LogP contribution in [0.25, 0.3) is 0 Å². The van der Waals surface area contributed by atoms with Gasteiger partial charge in [-0.3, -0.25) is 4.68 Å². The van der Waals surface area contributed by atoms with Gasteiger partial charge in [-0.15, -0.1) is 0 Å². The lowest BCUT2D eigenvalue weighted by atomic mass is 10.1. The van der Waals surface area contributed by atoms with Crippen LogP contribution >= 0.6 is 15.9 Å². The van der Waals surface area contributed by atoms with E-state index in [2.05, 4.69) is 65.3 Å². The minimum atomic E-state index is 0.784. The fourth-order valence-corrected chi connectivity index (χ4v) is 3.04. The van der Waals surface area contributed by atoms with Gasteiger partial charge in [-0.1, -0.05) is 13.0 Å². The minimum Gasteiger partial charge on any atom is -0.378 e. The summed E-state index contributed by atoms with van der Waals surface area (Å²) in [5.74, 6) is 0. The van der Waals surface area contributed by atoms with Crippen molar-refractivity contribution >= 4 is 21.6 Å². The molecule has 0 atom stereocenters. The van der Waals surface area contributed by atoms with Gasteiger partial charge in [-0.2, -0.15) is 5.10 Å². The van der Waals surface area contributed by atoms with Crippen molar-refractivity contribution in [1.29, 1.82) is 0 Å². The molecule has 0 amide bonds. The molecule has 1 aromatic heterocycles. The van der Waals surface area contributed by atoms with Crippen LogP contribution in [-0.2, 0) is 20.0 Å². The van der Waals surface area contributed by atoms with Crippen LogP contribution in [0.3, 0.4) is 0 Å². The maximum atomic E-state index is 4.47. The van der Waals surface area contributed by atoms with E-state index in [4.69, 9.17) is 0 Å². The number of aromatic nitrogens is 2. The van der Waals surface area contributed by atoms with Crippen molar-refractivity contribution < 1.29 is 0 Å². The first kappa shape index (κ1) is 14.1. The maximum Gasteiger partial charge on any atom is 0.0625 e. The lowest BCUT2D eigenvalue weighted by Gasteiger charge is -2.12. The smallest absolute Gasteiger partial charge is 0.0625 e. The number of nitrogens with zero attached hydrogens (tertiary/aromatic N) is 2. The molecule has 1 aromatic carbocycles. The molecule has 0 saturated carbocycles. The van der Waals surface area contributed by atoms with Gasteiger partial charge in [-0.05, 0) is 59.5 Å². The minimum absolute atomic E-state index is 0.784. The molecule has 3 nitrogen and oxygen atoms in total. The molecule has 0 spiro atoms. The zero-order valence-corrected chi connectivity index (χ0v) is 13.5. The highest BCUT2D eigenvalue weighted by molar-refractivity contribution is 9.10. The quantitative estimate of drug-likeness (QED) is 0.923. The first-order chi connectivity index (χ1) is 9.01. The second kappa shape index (κ2) is 5.78. The van der Waals surface area contributed by atoms with Gasteiger partial charge in [0.2, 0.25) is 0 Å². The topological polar surface area (TPSA) is 29.9 Å². The summed E-state index contributed by atoms with van der Waals surface area (Å²) in [6.07, 6.45) is 0.973. The number of hydrogen-bond acceptors (Lipinski definition) is 2. The third kappa shape index (κ3) is 3.18. The molecule has 1 N–H and O–H groups in total. The van der Waals surface area contributed by atoms with Crippen LogP contribution in [-0.4, -0.2) is 9.78 Å². The highest BCUT2D eigenvalue weighted by Crippen LogP contribution is 2.28. The van der Waals surface area contributed by atoms with Crippen molar-refractivity contribution in [2.24, 2.45) is 7.05 Å². The summed E-state index contributed by atoms with van der Waals surface area (Å²) >= 11 is 3.62. The van der Waals surface area contributed by atoms with E-state index in [9.17, 15) is 0 Å². The highest BCUT2D eigenvalue weighted by Gasteiger charge is 2.07. The molecule has 0 unspecified atom stereocenters. The number of anilines is 1. The molecule has 102 valence electrons. The number of hydrogen-bond donors (Lipinski definition) is 1. The number of halogens is 1. The average Bonchev–Trinajstić information content (AvgIpc) is 2.69. The molecule has 1 heterocycles. The van der Waals surface area contributed by atoms with E-state index in [1.54, 1.807) is 0 Å². The maximum absolute atomic E-state index is 4.47. The Morgan fingerprint density at radius 3 is 2.58 bits per heavy atom. The Kier molecular flexibility index (Phi) is 4.30. The molecule has 0 bridgehead atoms. The molecular weight excluding hydrogens is 302 g/mol. The van der Waals surface area contributed by atoms with Crippen LogP contribution in [0, 0.1) is 13.8 Å². The molecule has 4 heteroatoms. The second-order valence-corrected chi connectivity index (χ2v) is 5.75. The van der Waals surface area contributed by atoms with Crippen molar-refractivity contribution in [1.82, 2.24) is 9.78 Å². The summed E-state index contributed by atoms with van der Waals surface area (Å²) < 4.78 is 3.06. The highest BCUT2D eigenvalue weighted by atomic mass is 79.9. The molecular formula is C15H20BrN3. The van der Waals surface area contributed by atoms with Gasteiger partial charge in [-0.25, -0.2) is 0 Å². The van der Waals surface area contributed by atoms with E-state index >= 15 is 0 Å². The zero-order chi connectivity index (χ0) is 14.0. The van der Waals surface area contributed by atoms with Crippen LogP contribution in [0.2, 0.25) is 0 Å².